The summed E-state index contributed by atoms with van der Waals surface area (Å²) in [6, 6.07) is 6.94. The van der Waals surface area contributed by atoms with Crippen molar-refractivity contribution in [2.45, 2.75) is 18.3 Å². The fraction of sp³-hybridized carbons (Fsp3) is 0.316. The first kappa shape index (κ1) is 18.7. The summed E-state index contributed by atoms with van der Waals surface area (Å²) in [6.45, 7) is 0.829. The van der Waals surface area contributed by atoms with Crippen molar-refractivity contribution in [2.75, 3.05) is 13.2 Å². The Morgan fingerprint density at radius 3 is 2.86 bits per heavy atom. The number of halogens is 1. The van der Waals surface area contributed by atoms with Crippen LogP contribution in [0.5, 0.6) is 11.5 Å². The Bertz CT molecular complexity index is 1030. The zero-order chi connectivity index (χ0) is 19.7. The molecule has 3 heterocycles. The van der Waals surface area contributed by atoms with Gasteiger partial charge in [0.1, 0.15) is 11.5 Å². The van der Waals surface area contributed by atoms with Crippen LogP contribution in [0.4, 0.5) is 0 Å². The molecule has 1 saturated heterocycles. The van der Waals surface area contributed by atoms with Crippen LogP contribution in [0.15, 0.2) is 36.7 Å². The number of benzene rings is 1. The zero-order valence-electron chi connectivity index (χ0n) is 15.2. The van der Waals surface area contributed by atoms with E-state index in [4.69, 9.17) is 21.1 Å². The molecule has 28 heavy (non-hydrogen) atoms. The summed E-state index contributed by atoms with van der Waals surface area (Å²) in [5.41, 5.74) is 2.19. The number of aryl methyl sites for hydroxylation is 1. The van der Waals surface area contributed by atoms with Gasteiger partial charge >= 0.3 is 0 Å². The Morgan fingerprint density at radius 2 is 2.14 bits per heavy atom. The fourth-order valence-electron chi connectivity index (χ4n) is 3.63. The van der Waals surface area contributed by atoms with Crippen LogP contribution in [0, 0.1) is 0 Å². The maximum absolute atomic E-state index is 12.4. The number of nitrogens with one attached hydrogen (secondary N) is 1. The Kier molecular flexibility index (Phi) is 4.92. The summed E-state index contributed by atoms with van der Waals surface area (Å²) in [4.78, 5) is 16.7. The number of nitrogens with zero attached hydrogens (tertiary/aromatic N) is 3. The molecular weight excluding hydrogens is 384 g/mol. The number of pyridine rings is 1. The number of hydroxylamine groups is 1. The molecule has 0 bridgehead atoms. The van der Waals surface area contributed by atoms with Crippen molar-refractivity contribution in [1.82, 2.24) is 20.2 Å². The third kappa shape index (κ3) is 3.09. The molecule has 4 rings (SSSR count). The van der Waals surface area contributed by atoms with Crippen molar-refractivity contribution < 1.29 is 19.5 Å². The molecule has 0 unspecified atom stereocenters. The zero-order valence-corrected chi connectivity index (χ0v) is 15.9. The average molecular weight is 403 g/mol. The Morgan fingerprint density at radius 1 is 1.36 bits per heavy atom. The summed E-state index contributed by atoms with van der Waals surface area (Å²) in [7, 11) is 1.81. The number of carbonyl (C=O) groups excluding carboxylic acids is 1. The lowest BCUT2D eigenvalue weighted by molar-refractivity contribution is -0.139. The van der Waals surface area contributed by atoms with E-state index in [1.165, 1.54) is 0 Å². The van der Waals surface area contributed by atoms with Gasteiger partial charge in [0, 0.05) is 31.5 Å². The molecule has 2 N–H and O–H groups in total. The summed E-state index contributed by atoms with van der Waals surface area (Å²) in [5.74, 6) is 0.644. The molecule has 2 aromatic heterocycles. The van der Waals surface area contributed by atoms with Crippen molar-refractivity contribution >= 4 is 28.5 Å². The molecule has 0 aliphatic carbocycles. The first-order valence-corrected chi connectivity index (χ1v) is 9.20. The van der Waals surface area contributed by atoms with Crippen molar-refractivity contribution in [3.63, 3.8) is 0 Å². The lowest BCUT2D eigenvalue weighted by atomic mass is 9.73. The highest BCUT2D eigenvalue weighted by atomic mass is 35.5. The van der Waals surface area contributed by atoms with Crippen LogP contribution in [-0.2, 0) is 22.0 Å². The van der Waals surface area contributed by atoms with Crippen LogP contribution in [0.25, 0.3) is 11.0 Å². The predicted octanol–water partition coefficient (Wildman–Crippen LogP) is 2.97. The second-order valence-electron chi connectivity index (χ2n) is 6.69. The van der Waals surface area contributed by atoms with E-state index in [0.717, 1.165) is 5.39 Å². The minimum absolute atomic E-state index is 0.388. The molecule has 8 nitrogen and oxygen atoms in total. The molecule has 1 aliphatic heterocycles. The normalized spacial score (nSPS) is 16.1. The molecule has 3 aromatic rings. The van der Waals surface area contributed by atoms with E-state index in [1.54, 1.807) is 46.8 Å². The highest BCUT2D eigenvalue weighted by molar-refractivity contribution is 6.32. The second kappa shape index (κ2) is 7.38. The van der Waals surface area contributed by atoms with Gasteiger partial charge in [0.2, 0.25) is 0 Å². The summed E-state index contributed by atoms with van der Waals surface area (Å²) < 4.78 is 13.0. The lowest BCUT2D eigenvalue weighted by Crippen LogP contribution is -2.47. The second-order valence-corrected chi connectivity index (χ2v) is 7.10. The van der Waals surface area contributed by atoms with Gasteiger partial charge in [-0.15, -0.1) is 0 Å². The van der Waals surface area contributed by atoms with E-state index in [9.17, 15) is 10.0 Å². The van der Waals surface area contributed by atoms with E-state index >= 15 is 0 Å². The number of amides is 1. The van der Waals surface area contributed by atoms with E-state index < -0.39 is 11.3 Å². The van der Waals surface area contributed by atoms with Crippen LogP contribution < -0.4 is 10.2 Å². The third-order valence-corrected chi connectivity index (χ3v) is 5.47. The number of aromatic nitrogens is 3. The topological polar surface area (TPSA) is 98.5 Å². The lowest BCUT2D eigenvalue weighted by Gasteiger charge is -2.36. The quantitative estimate of drug-likeness (QED) is 0.514. The molecular formula is C19H19ClN4O4. The van der Waals surface area contributed by atoms with Gasteiger partial charge in [-0.25, -0.2) is 10.5 Å². The third-order valence-electron chi connectivity index (χ3n) is 5.16. The van der Waals surface area contributed by atoms with Gasteiger partial charge in [0.15, 0.2) is 5.65 Å². The van der Waals surface area contributed by atoms with Gasteiger partial charge in [-0.1, -0.05) is 17.7 Å². The highest BCUT2D eigenvalue weighted by Crippen LogP contribution is 2.41. The highest BCUT2D eigenvalue weighted by Gasteiger charge is 2.43. The molecule has 0 saturated carbocycles. The SMILES string of the molecule is Cn1ncc2c(Oc3ccc(C4(C(=O)NO)CCOCC4)c(Cl)c3)ccnc21. The smallest absolute Gasteiger partial charge is 0.254 e. The molecule has 1 aromatic carbocycles. The van der Waals surface area contributed by atoms with Crippen LogP contribution in [0.2, 0.25) is 5.02 Å². The van der Waals surface area contributed by atoms with Gasteiger partial charge < -0.3 is 9.47 Å². The minimum Gasteiger partial charge on any atom is -0.456 e. The van der Waals surface area contributed by atoms with Crippen molar-refractivity contribution in [3.8, 4) is 11.5 Å². The number of hydrogen-bond donors (Lipinski definition) is 2. The standard InChI is InChI=1S/C19H19ClN4O4/c1-24-17-13(11-22-24)16(4-7-21-17)28-12-2-3-14(15(20)10-12)19(18(25)23-26)5-8-27-9-6-19/h2-4,7,10-11,26H,5-6,8-9H2,1H3,(H,23,25). The fourth-order valence-corrected chi connectivity index (χ4v) is 3.98. The average Bonchev–Trinajstić information content (AvgIpc) is 3.10. The molecule has 1 aliphatic rings. The molecule has 1 amide bonds. The van der Waals surface area contributed by atoms with E-state index in [1.807, 2.05) is 7.05 Å². The van der Waals surface area contributed by atoms with Gasteiger partial charge in [0.25, 0.3) is 5.91 Å². The number of fused-ring (bicyclic) bond motifs is 1. The number of rotatable bonds is 4. The number of hydrogen-bond acceptors (Lipinski definition) is 6. The first-order chi connectivity index (χ1) is 13.5. The largest absolute Gasteiger partial charge is 0.456 e. The first-order valence-electron chi connectivity index (χ1n) is 8.82. The maximum Gasteiger partial charge on any atom is 0.254 e. The molecule has 0 radical (unpaired) electrons. The van der Waals surface area contributed by atoms with E-state index in [0.29, 0.717) is 53.8 Å². The van der Waals surface area contributed by atoms with E-state index in [-0.39, 0.29) is 0 Å². The Labute approximate surface area is 166 Å². The van der Waals surface area contributed by atoms with Crippen molar-refractivity contribution in [3.05, 3.63) is 47.2 Å². The predicted molar refractivity (Wildman–Crippen MR) is 102 cm³/mol. The van der Waals surface area contributed by atoms with Crippen molar-refractivity contribution in [1.29, 1.82) is 0 Å². The van der Waals surface area contributed by atoms with Gasteiger partial charge in [-0.05, 0) is 36.6 Å². The molecule has 1 fully saturated rings. The summed E-state index contributed by atoms with van der Waals surface area (Å²) in [5, 5.41) is 14.6. The number of ether oxygens (including phenoxy) is 2. The Balaban J connectivity index is 1.68. The summed E-state index contributed by atoms with van der Waals surface area (Å²) >= 11 is 6.53. The van der Waals surface area contributed by atoms with Crippen LogP contribution in [0.1, 0.15) is 18.4 Å². The minimum atomic E-state index is -0.935. The van der Waals surface area contributed by atoms with E-state index in [2.05, 4.69) is 10.1 Å². The number of carbonyl (C=O) groups is 1. The van der Waals surface area contributed by atoms with Gasteiger partial charge in [-0.2, -0.15) is 5.10 Å². The van der Waals surface area contributed by atoms with Crippen LogP contribution in [0.3, 0.4) is 0 Å². The molecule has 146 valence electrons. The monoisotopic (exact) mass is 402 g/mol. The summed E-state index contributed by atoms with van der Waals surface area (Å²) in [6.07, 6.45) is 4.20. The van der Waals surface area contributed by atoms with Crippen LogP contribution >= 0.6 is 11.6 Å². The van der Waals surface area contributed by atoms with Crippen molar-refractivity contribution in [2.24, 2.45) is 7.05 Å². The molecule has 0 spiro atoms. The molecule has 9 heteroatoms. The van der Waals surface area contributed by atoms with Crippen LogP contribution in [-0.4, -0.2) is 39.1 Å². The Hall–Kier alpha value is -2.68. The van der Waals surface area contributed by atoms with Gasteiger partial charge in [-0.3, -0.25) is 14.7 Å². The maximum atomic E-state index is 12.4. The molecule has 0 atom stereocenters. The van der Waals surface area contributed by atoms with Gasteiger partial charge in [0.05, 0.1) is 17.0 Å².